The first-order valence-electron chi connectivity index (χ1n) is 5.44. The van der Waals surface area contributed by atoms with E-state index in [4.69, 9.17) is 23.2 Å². The minimum absolute atomic E-state index is 0.550. The second-order valence-corrected chi connectivity index (χ2v) is 6.03. The molecule has 4 heteroatoms. The van der Waals surface area contributed by atoms with Crippen molar-refractivity contribution in [3.8, 4) is 0 Å². The predicted molar refractivity (Wildman–Crippen MR) is 84.3 cm³/mol. The van der Waals surface area contributed by atoms with Crippen molar-refractivity contribution in [1.82, 2.24) is 0 Å². The molecule has 0 bridgehead atoms. The lowest BCUT2D eigenvalue weighted by Crippen LogP contribution is -2.02. The van der Waals surface area contributed by atoms with E-state index in [2.05, 4.69) is 22.6 Å². The molecule has 0 aliphatic heterocycles. The van der Waals surface area contributed by atoms with Gasteiger partial charge in [0.2, 0.25) is 0 Å². The highest BCUT2D eigenvalue weighted by Gasteiger charge is 2.10. The topological polar surface area (TPSA) is 20.2 Å². The van der Waals surface area contributed by atoms with Crippen LogP contribution >= 0.6 is 45.8 Å². The number of aliphatic hydroxyl groups is 1. The van der Waals surface area contributed by atoms with E-state index in [0.717, 1.165) is 14.7 Å². The fourth-order valence-corrected chi connectivity index (χ4v) is 2.33. The molecule has 0 heterocycles. The van der Waals surface area contributed by atoms with Gasteiger partial charge in [0.05, 0.1) is 11.1 Å². The maximum absolute atomic E-state index is 10.2. The Hall–Kier alpha value is -0.290. The van der Waals surface area contributed by atoms with Crippen LogP contribution in [0, 0.1) is 3.57 Å². The van der Waals surface area contributed by atoms with Gasteiger partial charge in [-0.25, -0.2) is 0 Å². The summed E-state index contributed by atoms with van der Waals surface area (Å²) in [7, 11) is 0. The number of hydrogen-bond acceptors (Lipinski definition) is 1. The van der Waals surface area contributed by atoms with Crippen molar-refractivity contribution >= 4 is 45.8 Å². The summed E-state index contributed by atoms with van der Waals surface area (Å²) in [6, 6.07) is 13.1. The molecule has 1 atom stereocenters. The quantitative estimate of drug-likeness (QED) is 0.738. The van der Waals surface area contributed by atoms with E-state index in [1.807, 2.05) is 42.5 Å². The maximum atomic E-state index is 10.2. The molecule has 0 spiro atoms. The van der Waals surface area contributed by atoms with E-state index in [9.17, 15) is 5.11 Å². The van der Waals surface area contributed by atoms with Crippen LogP contribution in [0.1, 0.15) is 17.2 Å². The Morgan fingerprint density at radius 2 is 1.72 bits per heavy atom. The number of hydrogen-bond donors (Lipinski definition) is 1. The van der Waals surface area contributed by atoms with Crippen LogP contribution in [0.25, 0.3) is 0 Å². The zero-order valence-corrected chi connectivity index (χ0v) is 13.1. The largest absolute Gasteiger partial charge is 0.388 e. The highest BCUT2D eigenvalue weighted by atomic mass is 127. The highest BCUT2D eigenvalue weighted by molar-refractivity contribution is 14.1. The Bertz CT molecular complexity index is 540. The summed E-state index contributed by atoms with van der Waals surface area (Å²) in [6.07, 6.45) is -0.00524. The second kappa shape index (κ2) is 6.24. The van der Waals surface area contributed by atoms with Crippen molar-refractivity contribution in [2.75, 3.05) is 0 Å². The zero-order chi connectivity index (χ0) is 13.1. The Balaban J connectivity index is 2.13. The van der Waals surface area contributed by atoms with Crippen molar-refractivity contribution in [2.24, 2.45) is 0 Å². The fraction of sp³-hybridized carbons (Fsp3) is 0.143. The monoisotopic (exact) mass is 392 g/mol. The summed E-state index contributed by atoms with van der Waals surface area (Å²) in [4.78, 5) is 0. The second-order valence-electron chi connectivity index (χ2n) is 4.02. The molecule has 1 nitrogen and oxygen atoms in total. The van der Waals surface area contributed by atoms with Gasteiger partial charge in [0.15, 0.2) is 0 Å². The standard InChI is InChI=1S/C14H11Cl2IO/c15-11-4-1-9(2-5-11)7-14(18)10-3-6-13(17)12(16)8-10/h1-6,8,14,18H,7H2. The molecular formula is C14H11Cl2IO. The van der Waals surface area contributed by atoms with E-state index < -0.39 is 6.10 Å². The zero-order valence-electron chi connectivity index (χ0n) is 9.41. The molecule has 0 radical (unpaired) electrons. The predicted octanol–water partition coefficient (Wildman–Crippen LogP) is 4.87. The van der Waals surface area contributed by atoms with E-state index >= 15 is 0 Å². The Labute approximate surface area is 130 Å². The minimum Gasteiger partial charge on any atom is -0.388 e. The first kappa shape index (κ1) is 14.1. The lowest BCUT2D eigenvalue weighted by molar-refractivity contribution is 0.178. The van der Waals surface area contributed by atoms with Crippen molar-refractivity contribution < 1.29 is 5.11 Å². The van der Waals surface area contributed by atoms with Crippen LogP contribution in [0.3, 0.4) is 0 Å². The van der Waals surface area contributed by atoms with E-state index in [1.165, 1.54) is 0 Å². The van der Waals surface area contributed by atoms with E-state index in [1.54, 1.807) is 0 Å². The van der Waals surface area contributed by atoms with Crippen LogP contribution < -0.4 is 0 Å². The molecular weight excluding hydrogens is 382 g/mol. The summed E-state index contributed by atoms with van der Waals surface area (Å²) in [5.41, 5.74) is 1.87. The molecule has 2 aromatic carbocycles. The van der Waals surface area contributed by atoms with Gasteiger partial charge in [-0.3, -0.25) is 0 Å². The van der Waals surface area contributed by atoms with Crippen LogP contribution in [0.5, 0.6) is 0 Å². The molecule has 0 saturated heterocycles. The minimum atomic E-state index is -0.555. The van der Waals surface area contributed by atoms with Gasteiger partial charge in [-0.2, -0.15) is 0 Å². The smallest absolute Gasteiger partial charge is 0.0830 e. The van der Waals surface area contributed by atoms with Crippen LogP contribution in [0.2, 0.25) is 10.0 Å². The lowest BCUT2D eigenvalue weighted by atomic mass is 10.0. The molecule has 1 unspecified atom stereocenters. The first-order valence-corrected chi connectivity index (χ1v) is 7.27. The summed E-state index contributed by atoms with van der Waals surface area (Å²) in [6.45, 7) is 0. The van der Waals surface area contributed by atoms with E-state index in [-0.39, 0.29) is 0 Å². The highest BCUT2D eigenvalue weighted by Crippen LogP contribution is 2.25. The molecule has 0 aliphatic carbocycles. The lowest BCUT2D eigenvalue weighted by Gasteiger charge is -2.12. The van der Waals surface area contributed by atoms with Gasteiger partial charge >= 0.3 is 0 Å². The fourth-order valence-electron chi connectivity index (χ4n) is 1.68. The molecule has 94 valence electrons. The van der Waals surface area contributed by atoms with Gasteiger partial charge in [-0.05, 0) is 58.0 Å². The van der Waals surface area contributed by atoms with Gasteiger partial charge < -0.3 is 5.11 Å². The molecule has 18 heavy (non-hydrogen) atoms. The molecule has 0 aliphatic rings. The van der Waals surface area contributed by atoms with E-state index in [0.29, 0.717) is 16.5 Å². The van der Waals surface area contributed by atoms with Crippen LogP contribution in [-0.2, 0) is 6.42 Å². The van der Waals surface area contributed by atoms with Crippen LogP contribution in [0.4, 0.5) is 0 Å². The summed E-state index contributed by atoms with van der Waals surface area (Å²) >= 11 is 14.0. The van der Waals surface area contributed by atoms with Gasteiger partial charge in [0, 0.05) is 15.0 Å². The Morgan fingerprint density at radius 3 is 2.33 bits per heavy atom. The number of rotatable bonds is 3. The number of benzene rings is 2. The molecule has 2 rings (SSSR count). The Kier molecular flexibility index (Phi) is 4.90. The van der Waals surface area contributed by atoms with Gasteiger partial charge in [-0.1, -0.05) is 41.4 Å². The average Bonchev–Trinajstić information content (AvgIpc) is 2.35. The van der Waals surface area contributed by atoms with Crippen LogP contribution in [0.15, 0.2) is 42.5 Å². The maximum Gasteiger partial charge on any atom is 0.0830 e. The third kappa shape index (κ3) is 3.60. The summed E-state index contributed by atoms with van der Waals surface area (Å²) < 4.78 is 0.983. The third-order valence-corrected chi connectivity index (χ3v) is 4.49. The van der Waals surface area contributed by atoms with Gasteiger partial charge in [0.25, 0.3) is 0 Å². The molecule has 0 saturated carbocycles. The van der Waals surface area contributed by atoms with Gasteiger partial charge in [-0.15, -0.1) is 0 Å². The molecule has 0 fully saturated rings. The summed E-state index contributed by atoms with van der Waals surface area (Å²) in [5, 5.41) is 11.5. The van der Waals surface area contributed by atoms with Crippen molar-refractivity contribution in [1.29, 1.82) is 0 Å². The average molecular weight is 393 g/mol. The van der Waals surface area contributed by atoms with Crippen molar-refractivity contribution in [2.45, 2.75) is 12.5 Å². The van der Waals surface area contributed by atoms with Crippen molar-refractivity contribution in [3.63, 3.8) is 0 Å². The third-order valence-electron chi connectivity index (χ3n) is 2.67. The molecule has 0 amide bonds. The van der Waals surface area contributed by atoms with Crippen molar-refractivity contribution in [3.05, 3.63) is 67.2 Å². The summed E-state index contributed by atoms with van der Waals surface area (Å²) in [5.74, 6) is 0. The van der Waals surface area contributed by atoms with Gasteiger partial charge in [0.1, 0.15) is 0 Å². The SMILES string of the molecule is OC(Cc1ccc(Cl)cc1)c1ccc(I)c(Cl)c1. The molecule has 1 N–H and O–H groups in total. The molecule has 0 aromatic heterocycles. The van der Waals surface area contributed by atoms with Crippen LogP contribution in [-0.4, -0.2) is 5.11 Å². The number of aliphatic hydroxyl groups excluding tert-OH is 1. The normalized spacial score (nSPS) is 12.4. The number of halogens is 3. The molecule has 2 aromatic rings. The Morgan fingerprint density at radius 1 is 1.06 bits per heavy atom. The first-order chi connectivity index (χ1) is 8.56.